The smallest absolute Gasteiger partial charge is 0.138 e. The Morgan fingerprint density at radius 2 is 1.76 bits per heavy atom. The average Bonchev–Trinajstić information content (AvgIpc) is 2.87. The van der Waals surface area contributed by atoms with E-state index in [0.29, 0.717) is 16.0 Å². The number of benzene rings is 1. The molecule has 5 heteroatoms. The number of hydrogen-bond donors (Lipinski definition) is 0. The molecule has 0 radical (unpaired) electrons. The molecule has 0 aromatic heterocycles. The van der Waals surface area contributed by atoms with Crippen LogP contribution in [-0.2, 0) is 0 Å². The molecule has 0 aliphatic carbocycles. The quantitative estimate of drug-likeness (QED) is 0.618. The van der Waals surface area contributed by atoms with E-state index in [2.05, 4.69) is 68.3 Å². The van der Waals surface area contributed by atoms with Crippen molar-refractivity contribution in [1.29, 1.82) is 0 Å². The van der Waals surface area contributed by atoms with E-state index >= 15 is 0 Å². The first-order chi connectivity index (χ1) is 9.99. The van der Waals surface area contributed by atoms with Crippen molar-refractivity contribution in [2.75, 3.05) is 0 Å². The van der Waals surface area contributed by atoms with Crippen molar-refractivity contribution in [1.82, 2.24) is 4.90 Å². The first-order valence-corrected chi connectivity index (χ1v) is 10.2. The van der Waals surface area contributed by atoms with E-state index < -0.39 is 0 Å². The average molecular weight is 356 g/mol. The van der Waals surface area contributed by atoms with Crippen LogP contribution < -0.4 is 0 Å². The molecule has 1 heterocycles. The molecule has 2 rings (SSSR count). The SMILES string of the molecule is CC(C)N(C(=S)SC1SC=C(c2ccccc2)S1)C(C)C. The molecule has 0 saturated heterocycles. The van der Waals surface area contributed by atoms with E-state index in [9.17, 15) is 0 Å². The second kappa shape index (κ2) is 7.95. The predicted molar refractivity (Wildman–Crippen MR) is 106 cm³/mol. The molecule has 1 aliphatic rings. The Bertz CT molecular complexity index is 502. The van der Waals surface area contributed by atoms with Crippen molar-refractivity contribution >= 4 is 56.7 Å². The molecule has 0 saturated carbocycles. The fourth-order valence-electron chi connectivity index (χ4n) is 2.23. The minimum atomic E-state index is 0.424. The lowest BCUT2D eigenvalue weighted by molar-refractivity contribution is 0.303. The van der Waals surface area contributed by atoms with Gasteiger partial charge in [-0.25, -0.2) is 0 Å². The zero-order valence-corrected chi connectivity index (χ0v) is 16.0. The first kappa shape index (κ1) is 17.3. The van der Waals surface area contributed by atoms with Crippen LogP contribution in [0.5, 0.6) is 0 Å². The van der Waals surface area contributed by atoms with Gasteiger partial charge in [0.1, 0.15) is 8.23 Å². The van der Waals surface area contributed by atoms with Crippen molar-refractivity contribution in [3.8, 4) is 0 Å². The Morgan fingerprint density at radius 1 is 1.14 bits per heavy atom. The van der Waals surface area contributed by atoms with Gasteiger partial charge in [0, 0.05) is 17.0 Å². The molecule has 1 unspecified atom stereocenters. The van der Waals surface area contributed by atoms with Gasteiger partial charge in [-0.1, -0.05) is 66.1 Å². The maximum atomic E-state index is 5.66. The van der Waals surface area contributed by atoms with Gasteiger partial charge in [-0.3, -0.25) is 0 Å². The van der Waals surface area contributed by atoms with Crippen molar-refractivity contribution < 1.29 is 0 Å². The second-order valence-electron chi connectivity index (χ2n) is 5.37. The van der Waals surface area contributed by atoms with Crippen LogP contribution in [0, 0.1) is 0 Å². The highest BCUT2D eigenvalue weighted by Crippen LogP contribution is 2.50. The molecule has 1 nitrogen and oxygen atoms in total. The minimum absolute atomic E-state index is 0.424. The maximum absolute atomic E-state index is 5.66. The molecule has 1 aromatic carbocycles. The highest BCUT2D eigenvalue weighted by atomic mass is 32.3. The Hall–Kier alpha value is -0.100. The van der Waals surface area contributed by atoms with E-state index in [1.807, 2.05) is 23.5 Å². The highest BCUT2D eigenvalue weighted by molar-refractivity contribution is 8.43. The molecule has 0 bridgehead atoms. The minimum Gasteiger partial charge on any atom is -0.353 e. The summed E-state index contributed by atoms with van der Waals surface area (Å²) in [5, 5.41) is 2.26. The summed E-state index contributed by atoms with van der Waals surface area (Å²) in [5.41, 5.74) is 1.30. The predicted octanol–water partition coefficient (Wildman–Crippen LogP) is 5.89. The van der Waals surface area contributed by atoms with Gasteiger partial charge in [0.25, 0.3) is 0 Å². The molecule has 0 N–H and O–H groups in total. The number of hydrogen-bond acceptors (Lipinski definition) is 4. The lowest BCUT2D eigenvalue weighted by Gasteiger charge is -2.33. The van der Waals surface area contributed by atoms with Crippen LogP contribution in [0.25, 0.3) is 4.91 Å². The number of rotatable bonds is 4. The normalized spacial score (nSPS) is 18.2. The van der Waals surface area contributed by atoms with Crippen molar-refractivity contribution in [2.45, 2.75) is 43.7 Å². The highest BCUT2D eigenvalue weighted by Gasteiger charge is 2.25. The number of nitrogens with zero attached hydrogens (tertiary/aromatic N) is 1. The van der Waals surface area contributed by atoms with Crippen LogP contribution in [-0.4, -0.2) is 25.2 Å². The van der Waals surface area contributed by atoms with Gasteiger partial charge < -0.3 is 4.90 Å². The summed E-state index contributed by atoms with van der Waals surface area (Å²) in [6.07, 6.45) is 0. The third-order valence-corrected chi connectivity index (χ3v) is 7.56. The van der Waals surface area contributed by atoms with Crippen LogP contribution in [0.4, 0.5) is 0 Å². The summed E-state index contributed by atoms with van der Waals surface area (Å²) in [6.45, 7) is 8.82. The van der Waals surface area contributed by atoms with Gasteiger partial charge in [-0.05, 0) is 38.7 Å². The van der Waals surface area contributed by atoms with E-state index in [0.717, 1.165) is 4.32 Å². The molecule has 0 spiro atoms. The zero-order valence-electron chi connectivity index (χ0n) is 12.8. The first-order valence-electron chi connectivity index (χ1n) is 7.05. The summed E-state index contributed by atoms with van der Waals surface area (Å²) in [5.74, 6) is 0. The molecule has 1 atom stereocenters. The second-order valence-corrected chi connectivity index (χ2v) is 10.1. The van der Waals surface area contributed by atoms with Crippen LogP contribution in [0.15, 0.2) is 35.7 Å². The fourth-order valence-corrected chi connectivity index (χ4v) is 7.39. The molecule has 1 aliphatic heterocycles. The summed E-state index contributed by atoms with van der Waals surface area (Å²) in [6, 6.07) is 11.5. The third kappa shape index (κ3) is 4.68. The van der Waals surface area contributed by atoms with Crippen molar-refractivity contribution in [2.24, 2.45) is 0 Å². The number of thioether (sulfide) groups is 3. The lowest BCUT2D eigenvalue weighted by atomic mass is 10.2. The summed E-state index contributed by atoms with van der Waals surface area (Å²) < 4.78 is 1.43. The van der Waals surface area contributed by atoms with Crippen LogP contribution in [0.2, 0.25) is 0 Å². The number of thiocarbonyl (C=S) groups is 1. The van der Waals surface area contributed by atoms with E-state index in [4.69, 9.17) is 12.2 Å². The molecular weight excluding hydrogens is 334 g/mol. The van der Waals surface area contributed by atoms with Gasteiger partial charge in [0.05, 0.1) is 0 Å². The van der Waals surface area contributed by atoms with Gasteiger partial charge in [0.2, 0.25) is 0 Å². The van der Waals surface area contributed by atoms with Crippen LogP contribution in [0.3, 0.4) is 0 Å². The molecule has 21 heavy (non-hydrogen) atoms. The molecular formula is C16H21NS4. The van der Waals surface area contributed by atoms with Crippen LogP contribution >= 0.6 is 47.5 Å². The Labute approximate surface area is 146 Å². The van der Waals surface area contributed by atoms with E-state index in [-0.39, 0.29) is 0 Å². The Balaban J connectivity index is 1.93. The largest absolute Gasteiger partial charge is 0.353 e. The molecule has 0 fully saturated rings. The zero-order chi connectivity index (χ0) is 15.4. The Kier molecular flexibility index (Phi) is 6.53. The van der Waals surface area contributed by atoms with Gasteiger partial charge in [-0.2, -0.15) is 0 Å². The molecule has 1 aromatic rings. The van der Waals surface area contributed by atoms with E-state index in [1.54, 1.807) is 11.8 Å². The van der Waals surface area contributed by atoms with Crippen LogP contribution in [0.1, 0.15) is 33.3 Å². The monoisotopic (exact) mass is 355 g/mol. The maximum Gasteiger partial charge on any atom is 0.138 e. The van der Waals surface area contributed by atoms with Gasteiger partial charge in [0.15, 0.2) is 0 Å². The summed E-state index contributed by atoms with van der Waals surface area (Å²) in [7, 11) is 0. The Morgan fingerprint density at radius 3 is 2.33 bits per heavy atom. The molecule has 0 amide bonds. The standard InChI is InChI=1S/C16H21NS4/c1-11(2)17(12(3)4)15(18)21-16-19-10-14(20-16)13-8-6-5-7-9-13/h5-12,16H,1-4H3. The van der Waals surface area contributed by atoms with Gasteiger partial charge >= 0.3 is 0 Å². The topological polar surface area (TPSA) is 3.24 Å². The fraction of sp³-hybridized carbons (Fsp3) is 0.438. The molecule has 114 valence electrons. The van der Waals surface area contributed by atoms with E-state index in [1.165, 1.54) is 10.5 Å². The summed E-state index contributed by atoms with van der Waals surface area (Å²) in [4.78, 5) is 3.67. The van der Waals surface area contributed by atoms with Crippen molar-refractivity contribution in [3.63, 3.8) is 0 Å². The third-order valence-electron chi connectivity index (χ3n) is 3.09. The van der Waals surface area contributed by atoms with Crippen molar-refractivity contribution in [3.05, 3.63) is 41.3 Å². The summed E-state index contributed by atoms with van der Waals surface area (Å²) >= 11 is 11.2. The lowest BCUT2D eigenvalue weighted by Crippen LogP contribution is -2.40. The van der Waals surface area contributed by atoms with Gasteiger partial charge in [-0.15, -0.1) is 11.8 Å².